The molecule has 1 saturated heterocycles. The molecule has 3 heterocycles. The number of para-hydroxylation sites is 2. The first-order chi connectivity index (χ1) is 16.7. The van der Waals surface area contributed by atoms with E-state index in [-0.39, 0.29) is 16.9 Å². The van der Waals surface area contributed by atoms with E-state index < -0.39 is 6.04 Å². The predicted molar refractivity (Wildman–Crippen MR) is 134 cm³/mol. The Morgan fingerprint density at radius 3 is 2.49 bits per heavy atom. The Labute approximate surface area is 203 Å². The number of piperazine rings is 1. The number of halogens is 1. The van der Waals surface area contributed by atoms with Crippen molar-refractivity contribution in [3.8, 4) is 0 Å². The van der Waals surface area contributed by atoms with Crippen LogP contribution in [0.2, 0.25) is 0 Å². The third-order valence-electron chi connectivity index (χ3n) is 6.66. The van der Waals surface area contributed by atoms with E-state index in [1.54, 1.807) is 16.8 Å². The normalized spacial score (nSPS) is 16.1. The zero-order chi connectivity index (χ0) is 24.7. The summed E-state index contributed by atoms with van der Waals surface area (Å²) in [5.41, 5.74) is 2.52. The Bertz CT molecular complexity index is 1410. The van der Waals surface area contributed by atoms with Gasteiger partial charge in [0, 0.05) is 31.7 Å². The highest BCUT2D eigenvalue weighted by molar-refractivity contribution is 5.82. The number of nitrogens with one attached hydrogen (secondary N) is 1. The number of anilines is 1. The van der Waals surface area contributed by atoms with Crippen LogP contribution in [0.3, 0.4) is 0 Å². The van der Waals surface area contributed by atoms with E-state index in [4.69, 9.17) is 0 Å². The first-order valence-corrected chi connectivity index (χ1v) is 11.9. The van der Waals surface area contributed by atoms with Crippen LogP contribution >= 0.6 is 0 Å². The standard InChI is InChI=1S/C26H30FN7O/c1-17-8-7-9-18-16-19(25(35)28-22(17)18)23(24-29-30-31-34(24)26(2,3)4)33-14-12-32(13-15-33)21-11-6-5-10-20(21)27/h5-11,16,23H,12-15H2,1-4H3,(H,28,35). The predicted octanol–water partition coefficient (Wildman–Crippen LogP) is 3.63. The third-order valence-corrected chi connectivity index (χ3v) is 6.66. The van der Waals surface area contributed by atoms with E-state index in [0.29, 0.717) is 43.3 Å². The van der Waals surface area contributed by atoms with Gasteiger partial charge in [0.25, 0.3) is 5.56 Å². The number of aryl methyl sites for hydroxylation is 1. The summed E-state index contributed by atoms with van der Waals surface area (Å²) in [6.45, 7) is 10.6. The smallest absolute Gasteiger partial charge is 0.253 e. The fraction of sp³-hybridized carbons (Fsp3) is 0.385. The number of aromatic nitrogens is 5. The minimum absolute atomic E-state index is 0.156. The highest BCUT2D eigenvalue weighted by Gasteiger charge is 2.35. The lowest BCUT2D eigenvalue weighted by Gasteiger charge is -2.40. The second-order valence-electron chi connectivity index (χ2n) is 10.1. The average molecular weight is 476 g/mol. The summed E-state index contributed by atoms with van der Waals surface area (Å²) in [5, 5.41) is 13.6. The number of aromatic amines is 1. The van der Waals surface area contributed by atoms with Gasteiger partial charge in [-0.3, -0.25) is 9.69 Å². The number of hydrogen-bond donors (Lipinski definition) is 1. The number of tetrazole rings is 1. The Morgan fingerprint density at radius 1 is 1.03 bits per heavy atom. The number of nitrogens with zero attached hydrogens (tertiary/aromatic N) is 6. The van der Waals surface area contributed by atoms with Crippen LogP contribution in [0.4, 0.5) is 10.1 Å². The van der Waals surface area contributed by atoms with Gasteiger partial charge in [0.1, 0.15) is 11.9 Å². The Kier molecular flexibility index (Phi) is 5.88. The van der Waals surface area contributed by atoms with Crippen molar-refractivity contribution in [1.82, 2.24) is 30.1 Å². The van der Waals surface area contributed by atoms with Gasteiger partial charge in [-0.1, -0.05) is 30.3 Å². The van der Waals surface area contributed by atoms with Gasteiger partial charge in [0.15, 0.2) is 5.82 Å². The highest BCUT2D eigenvalue weighted by atomic mass is 19.1. The molecular weight excluding hydrogens is 445 g/mol. The Balaban J connectivity index is 1.57. The van der Waals surface area contributed by atoms with Crippen molar-refractivity contribution < 1.29 is 4.39 Å². The van der Waals surface area contributed by atoms with Crippen LogP contribution in [0.1, 0.15) is 43.8 Å². The number of pyridine rings is 1. The molecule has 1 aliphatic rings. The SMILES string of the molecule is Cc1cccc2cc(C(c3nnnn3C(C)(C)C)N3CCN(c4ccccc4F)CC3)c(=O)[nH]c12. The molecule has 0 radical (unpaired) electrons. The molecule has 0 amide bonds. The molecule has 0 bridgehead atoms. The lowest BCUT2D eigenvalue weighted by molar-refractivity contribution is 0.190. The van der Waals surface area contributed by atoms with Gasteiger partial charge in [-0.15, -0.1) is 5.10 Å². The van der Waals surface area contributed by atoms with Gasteiger partial charge in [-0.05, 0) is 67.3 Å². The summed E-state index contributed by atoms with van der Waals surface area (Å²) in [5.74, 6) is 0.393. The molecule has 9 heteroatoms. The van der Waals surface area contributed by atoms with Gasteiger partial charge in [0.05, 0.1) is 16.7 Å². The topological polar surface area (TPSA) is 82.9 Å². The molecule has 2 aromatic carbocycles. The van der Waals surface area contributed by atoms with E-state index in [0.717, 1.165) is 16.5 Å². The van der Waals surface area contributed by atoms with Crippen LogP contribution in [0.5, 0.6) is 0 Å². The second-order valence-corrected chi connectivity index (χ2v) is 10.1. The largest absolute Gasteiger partial charge is 0.367 e. The molecule has 5 rings (SSSR count). The minimum Gasteiger partial charge on any atom is -0.367 e. The molecule has 1 N–H and O–H groups in total. The van der Waals surface area contributed by atoms with E-state index in [9.17, 15) is 9.18 Å². The maximum Gasteiger partial charge on any atom is 0.253 e. The van der Waals surface area contributed by atoms with E-state index in [1.807, 2.05) is 62.9 Å². The van der Waals surface area contributed by atoms with Crippen LogP contribution in [-0.2, 0) is 5.54 Å². The molecule has 2 aromatic heterocycles. The van der Waals surface area contributed by atoms with Crippen LogP contribution in [0, 0.1) is 12.7 Å². The number of fused-ring (bicyclic) bond motifs is 1. The summed E-state index contributed by atoms with van der Waals surface area (Å²) >= 11 is 0. The molecular formula is C26H30FN7O. The van der Waals surface area contributed by atoms with Crippen molar-refractivity contribution in [1.29, 1.82) is 0 Å². The van der Waals surface area contributed by atoms with E-state index in [2.05, 4.69) is 25.4 Å². The Morgan fingerprint density at radius 2 is 1.77 bits per heavy atom. The van der Waals surface area contributed by atoms with Crippen molar-refractivity contribution in [2.24, 2.45) is 0 Å². The lowest BCUT2D eigenvalue weighted by atomic mass is 10.00. The summed E-state index contributed by atoms with van der Waals surface area (Å²) in [7, 11) is 0. The van der Waals surface area contributed by atoms with Gasteiger partial charge in [-0.25, -0.2) is 9.07 Å². The highest BCUT2D eigenvalue weighted by Crippen LogP contribution is 2.31. The summed E-state index contributed by atoms with van der Waals surface area (Å²) in [4.78, 5) is 20.8. The zero-order valence-electron chi connectivity index (χ0n) is 20.5. The molecule has 4 aromatic rings. The molecule has 1 unspecified atom stereocenters. The maximum absolute atomic E-state index is 14.4. The van der Waals surface area contributed by atoms with Gasteiger partial charge in [-0.2, -0.15) is 0 Å². The first-order valence-electron chi connectivity index (χ1n) is 11.9. The van der Waals surface area contributed by atoms with Crippen molar-refractivity contribution >= 4 is 16.6 Å². The fourth-order valence-electron chi connectivity index (χ4n) is 4.87. The zero-order valence-corrected chi connectivity index (χ0v) is 20.5. The van der Waals surface area contributed by atoms with E-state index in [1.165, 1.54) is 6.07 Å². The van der Waals surface area contributed by atoms with Crippen molar-refractivity contribution in [2.45, 2.75) is 39.3 Å². The first kappa shape index (κ1) is 23.2. The maximum atomic E-state index is 14.4. The Hall–Kier alpha value is -3.59. The van der Waals surface area contributed by atoms with Crippen LogP contribution in [0.15, 0.2) is 53.3 Å². The lowest BCUT2D eigenvalue weighted by Crippen LogP contribution is -2.49. The molecule has 1 aliphatic heterocycles. The number of benzene rings is 2. The van der Waals surface area contributed by atoms with Crippen LogP contribution < -0.4 is 10.5 Å². The van der Waals surface area contributed by atoms with Crippen LogP contribution in [0.25, 0.3) is 10.9 Å². The number of hydrogen-bond acceptors (Lipinski definition) is 6. The average Bonchev–Trinajstić information content (AvgIpc) is 3.31. The summed E-state index contributed by atoms with van der Waals surface area (Å²) < 4.78 is 16.2. The molecule has 182 valence electrons. The number of H-pyrrole nitrogens is 1. The summed E-state index contributed by atoms with van der Waals surface area (Å²) in [6.07, 6.45) is 0. The molecule has 1 atom stereocenters. The quantitative estimate of drug-likeness (QED) is 0.485. The minimum atomic E-state index is -0.444. The second kappa shape index (κ2) is 8.88. The van der Waals surface area contributed by atoms with Gasteiger partial charge < -0.3 is 9.88 Å². The molecule has 1 fully saturated rings. The molecule has 8 nitrogen and oxygen atoms in total. The molecule has 0 spiro atoms. The van der Waals surface area contributed by atoms with Crippen LogP contribution in [-0.4, -0.2) is 56.3 Å². The van der Waals surface area contributed by atoms with Crippen molar-refractivity contribution in [3.05, 3.63) is 81.7 Å². The fourth-order valence-corrected chi connectivity index (χ4v) is 4.87. The van der Waals surface area contributed by atoms with Crippen molar-refractivity contribution in [2.75, 3.05) is 31.1 Å². The summed E-state index contributed by atoms with van der Waals surface area (Å²) in [6, 6.07) is 14.3. The molecule has 0 aliphatic carbocycles. The molecule has 35 heavy (non-hydrogen) atoms. The molecule has 0 saturated carbocycles. The monoisotopic (exact) mass is 475 g/mol. The van der Waals surface area contributed by atoms with E-state index >= 15 is 0 Å². The van der Waals surface area contributed by atoms with Gasteiger partial charge >= 0.3 is 0 Å². The van der Waals surface area contributed by atoms with Crippen molar-refractivity contribution in [3.63, 3.8) is 0 Å². The van der Waals surface area contributed by atoms with Gasteiger partial charge in [0.2, 0.25) is 0 Å². The third kappa shape index (κ3) is 4.32. The number of rotatable bonds is 4.